The normalized spacial score (nSPS) is 11.0. The van der Waals surface area contributed by atoms with Gasteiger partial charge in [-0.3, -0.25) is 14.6 Å². The van der Waals surface area contributed by atoms with E-state index in [2.05, 4.69) is 37.7 Å². The van der Waals surface area contributed by atoms with E-state index in [0.29, 0.717) is 17.0 Å². The van der Waals surface area contributed by atoms with E-state index in [1.165, 1.54) is 0 Å². The summed E-state index contributed by atoms with van der Waals surface area (Å²) in [5.41, 5.74) is 3.14. The predicted molar refractivity (Wildman–Crippen MR) is 97.6 cm³/mol. The van der Waals surface area contributed by atoms with Gasteiger partial charge >= 0.3 is 0 Å². The van der Waals surface area contributed by atoms with Crippen LogP contribution in [0.1, 0.15) is 23.7 Å². The van der Waals surface area contributed by atoms with E-state index >= 15 is 0 Å². The third-order valence-electron chi connectivity index (χ3n) is 4.02. The Labute approximate surface area is 149 Å². The molecule has 0 fully saturated rings. The number of benzene rings is 1. The van der Waals surface area contributed by atoms with Crippen LogP contribution in [-0.4, -0.2) is 36.1 Å². The van der Waals surface area contributed by atoms with Crippen molar-refractivity contribution in [2.24, 2.45) is 0 Å². The fourth-order valence-electron chi connectivity index (χ4n) is 2.81. The van der Waals surface area contributed by atoms with Crippen LogP contribution in [0.2, 0.25) is 0 Å². The van der Waals surface area contributed by atoms with E-state index in [1.807, 2.05) is 24.3 Å². The summed E-state index contributed by atoms with van der Waals surface area (Å²) in [4.78, 5) is 16.8. The van der Waals surface area contributed by atoms with Crippen molar-refractivity contribution in [1.29, 1.82) is 0 Å². The third kappa shape index (κ3) is 3.04. The lowest BCUT2D eigenvalue weighted by molar-refractivity contribution is 0.102. The lowest BCUT2D eigenvalue weighted by atomic mass is 10.0. The van der Waals surface area contributed by atoms with Crippen molar-refractivity contribution in [3.63, 3.8) is 0 Å². The number of nitrogens with zero attached hydrogens (tertiary/aromatic N) is 5. The number of aromatic amines is 1. The van der Waals surface area contributed by atoms with Gasteiger partial charge in [0.2, 0.25) is 0 Å². The van der Waals surface area contributed by atoms with E-state index in [1.54, 1.807) is 29.3 Å². The van der Waals surface area contributed by atoms with E-state index in [0.717, 1.165) is 29.5 Å². The van der Waals surface area contributed by atoms with Gasteiger partial charge in [0.25, 0.3) is 5.91 Å². The molecule has 0 aliphatic carbocycles. The number of hydrogen-bond acceptors (Lipinski definition) is 5. The van der Waals surface area contributed by atoms with Gasteiger partial charge in [-0.1, -0.05) is 24.3 Å². The number of pyridine rings is 1. The number of carbonyl (C=O) groups is 1. The second kappa shape index (κ2) is 6.75. The molecule has 0 spiro atoms. The van der Waals surface area contributed by atoms with Crippen molar-refractivity contribution in [3.8, 4) is 11.1 Å². The Balaban J connectivity index is 1.60. The Morgan fingerprint density at radius 3 is 3.12 bits per heavy atom. The molecule has 1 amide bonds. The zero-order chi connectivity index (χ0) is 17.9. The molecule has 0 unspecified atom stereocenters. The minimum absolute atomic E-state index is 0.229. The van der Waals surface area contributed by atoms with Crippen LogP contribution in [0.3, 0.4) is 0 Å². The molecule has 1 aromatic carbocycles. The van der Waals surface area contributed by atoms with Gasteiger partial charge in [-0.25, -0.2) is 4.98 Å². The van der Waals surface area contributed by atoms with Crippen LogP contribution in [0.25, 0.3) is 22.2 Å². The highest BCUT2D eigenvalue weighted by atomic mass is 16.1. The fourth-order valence-corrected chi connectivity index (χ4v) is 2.81. The zero-order valence-corrected chi connectivity index (χ0v) is 14.2. The molecule has 0 saturated carbocycles. The molecule has 8 nitrogen and oxygen atoms in total. The number of nitrogens with one attached hydrogen (secondary N) is 2. The van der Waals surface area contributed by atoms with E-state index in [4.69, 9.17) is 0 Å². The monoisotopic (exact) mass is 347 g/mol. The second-order valence-corrected chi connectivity index (χ2v) is 5.89. The first-order valence-electron chi connectivity index (χ1n) is 8.34. The first kappa shape index (κ1) is 15.9. The molecular weight excluding hydrogens is 330 g/mol. The number of hydrogen-bond donors (Lipinski definition) is 2. The average molecular weight is 347 g/mol. The van der Waals surface area contributed by atoms with E-state index < -0.39 is 0 Å². The molecule has 3 heterocycles. The Kier molecular flexibility index (Phi) is 4.14. The smallest absolute Gasteiger partial charge is 0.256 e. The van der Waals surface area contributed by atoms with Gasteiger partial charge < -0.3 is 5.32 Å². The minimum atomic E-state index is -0.229. The van der Waals surface area contributed by atoms with Gasteiger partial charge in [0, 0.05) is 23.7 Å². The number of rotatable bonds is 5. The summed E-state index contributed by atoms with van der Waals surface area (Å²) >= 11 is 0. The lowest BCUT2D eigenvalue weighted by Crippen LogP contribution is -2.12. The van der Waals surface area contributed by atoms with Crippen LogP contribution in [0.15, 0.2) is 48.9 Å². The minimum Gasteiger partial charge on any atom is -0.304 e. The summed E-state index contributed by atoms with van der Waals surface area (Å²) in [7, 11) is 0. The van der Waals surface area contributed by atoms with Crippen LogP contribution in [-0.2, 0) is 6.54 Å². The SMILES string of the molecule is CCCn1cc(NC(=O)c2cccc(-c3ccnc4[nH]ncc34)c2)nn1. The van der Waals surface area contributed by atoms with Gasteiger partial charge in [-0.05, 0) is 35.7 Å². The summed E-state index contributed by atoms with van der Waals surface area (Å²) in [6, 6.07) is 9.32. The van der Waals surface area contributed by atoms with Crippen LogP contribution >= 0.6 is 0 Å². The number of H-pyrrole nitrogens is 1. The van der Waals surface area contributed by atoms with Crippen LogP contribution in [0.5, 0.6) is 0 Å². The van der Waals surface area contributed by atoms with Crippen molar-refractivity contribution in [2.45, 2.75) is 19.9 Å². The number of aromatic nitrogens is 6. The maximum absolute atomic E-state index is 12.6. The molecular formula is C18H17N7O. The molecule has 3 aromatic heterocycles. The quantitative estimate of drug-likeness (QED) is 0.578. The van der Waals surface area contributed by atoms with Crippen LogP contribution < -0.4 is 5.32 Å². The largest absolute Gasteiger partial charge is 0.304 e. The van der Waals surface area contributed by atoms with Crippen LogP contribution in [0.4, 0.5) is 5.82 Å². The molecule has 0 bridgehead atoms. The Hall–Kier alpha value is -3.55. The van der Waals surface area contributed by atoms with Gasteiger partial charge in [-0.2, -0.15) is 5.10 Å². The molecule has 0 aliphatic rings. The van der Waals surface area contributed by atoms with Crippen molar-refractivity contribution in [2.75, 3.05) is 5.32 Å². The highest BCUT2D eigenvalue weighted by Gasteiger charge is 2.12. The van der Waals surface area contributed by atoms with Crippen LogP contribution in [0, 0.1) is 0 Å². The zero-order valence-electron chi connectivity index (χ0n) is 14.2. The first-order chi connectivity index (χ1) is 12.7. The number of anilines is 1. The molecule has 4 rings (SSSR count). The Bertz CT molecular complexity index is 1070. The Morgan fingerprint density at radius 1 is 1.31 bits per heavy atom. The second-order valence-electron chi connectivity index (χ2n) is 5.89. The molecule has 130 valence electrons. The maximum atomic E-state index is 12.6. The summed E-state index contributed by atoms with van der Waals surface area (Å²) < 4.78 is 1.71. The molecule has 0 atom stereocenters. The Morgan fingerprint density at radius 2 is 2.23 bits per heavy atom. The van der Waals surface area contributed by atoms with Gasteiger partial charge in [0.15, 0.2) is 11.5 Å². The number of fused-ring (bicyclic) bond motifs is 1. The highest BCUT2D eigenvalue weighted by molar-refractivity contribution is 6.05. The summed E-state index contributed by atoms with van der Waals surface area (Å²) in [5.74, 6) is 0.211. The molecule has 4 aromatic rings. The van der Waals surface area contributed by atoms with E-state index in [-0.39, 0.29) is 5.91 Å². The predicted octanol–water partition coefficient (Wildman–Crippen LogP) is 2.88. The molecule has 8 heteroatoms. The van der Waals surface area contributed by atoms with E-state index in [9.17, 15) is 4.79 Å². The first-order valence-corrected chi connectivity index (χ1v) is 8.34. The summed E-state index contributed by atoms with van der Waals surface area (Å²) in [6.45, 7) is 2.82. The number of aryl methyl sites for hydroxylation is 1. The van der Waals surface area contributed by atoms with Crippen molar-refractivity contribution in [1.82, 2.24) is 30.2 Å². The third-order valence-corrected chi connectivity index (χ3v) is 4.02. The summed E-state index contributed by atoms with van der Waals surface area (Å²) in [6.07, 6.45) is 6.13. The van der Waals surface area contributed by atoms with Crippen molar-refractivity contribution in [3.05, 3.63) is 54.5 Å². The summed E-state index contributed by atoms with van der Waals surface area (Å²) in [5, 5.41) is 18.5. The van der Waals surface area contributed by atoms with Gasteiger partial charge in [0.05, 0.1) is 12.4 Å². The molecule has 0 radical (unpaired) electrons. The number of amides is 1. The maximum Gasteiger partial charge on any atom is 0.256 e. The topological polar surface area (TPSA) is 101 Å². The highest BCUT2D eigenvalue weighted by Crippen LogP contribution is 2.27. The van der Waals surface area contributed by atoms with Crippen molar-refractivity contribution < 1.29 is 4.79 Å². The average Bonchev–Trinajstić information content (AvgIpc) is 3.31. The molecule has 0 aliphatic heterocycles. The standard InChI is InChI=1S/C18H17N7O/c1-2-8-25-11-16(22-24-25)21-18(26)13-5-3-4-12(9-13)14-6-7-19-17-15(14)10-20-23-17/h3-7,9-11H,2,8H2,1H3,(H,21,26)(H,19,20,23). The molecule has 26 heavy (non-hydrogen) atoms. The van der Waals surface area contributed by atoms with Gasteiger partial charge in [0.1, 0.15) is 0 Å². The van der Waals surface area contributed by atoms with Crippen molar-refractivity contribution >= 4 is 22.8 Å². The lowest BCUT2D eigenvalue weighted by Gasteiger charge is -2.06. The molecule has 2 N–H and O–H groups in total. The number of carbonyl (C=O) groups excluding carboxylic acids is 1. The molecule has 0 saturated heterocycles. The fraction of sp³-hybridized carbons (Fsp3) is 0.167. The van der Waals surface area contributed by atoms with Gasteiger partial charge in [-0.15, -0.1) is 5.10 Å².